The van der Waals surface area contributed by atoms with E-state index in [1.807, 2.05) is 33.8 Å². The molecule has 1 aromatic rings. The third-order valence-corrected chi connectivity index (χ3v) is 2.71. The standard InChI is InChI=1S/C13H22N2O/c1-6-10-7-11(15-9(2)14-10)8-12(16)13(3,4)5/h7,12,16H,6,8H2,1-5H3. The maximum Gasteiger partial charge on any atom is 0.125 e. The molecule has 0 aliphatic rings. The van der Waals surface area contributed by atoms with Gasteiger partial charge in [0.25, 0.3) is 0 Å². The molecule has 0 aliphatic heterocycles. The number of aliphatic hydroxyl groups is 1. The minimum atomic E-state index is -0.369. The molecular formula is C13H22N2O. The summed E-state index contributed by atoms with van der Waals surface area (Å²) < 4.78 is 0. The van der Waals surface area contributed by atoms with Crippen molar-refractivity contribution < 1.29 is 5.11 Å². The van der Waals surface area contributed by atoms with E-state index >= 15 is 0 Å². The first kappa shape index (κ1) is 13.1. The second-order valence-electron chi connectivity index (χ2n) is 5.34. The molecule has 1 aromatic heterocycles. The van der Waals surface area contributed by atoms with Crippen LogP contribution < -0.4 is 0 Å². The van der Waals surface area contributed by atoms with Gasteiger partial charge < -0.3 is 5.11 Å². The van der Waals surface area contributed by atoms with Crippen LogP contribution >= 0.6 is 0 Å². The van der Waals surface area contributed by atoms with Crippen LogP contribution in [0.25, 0.3) is 0 Å². The lowest BCUT2D eigenvalue weighted by Gasteiger charge is -2.25. The summed E-state index contributed by atoms with van der Waals surface area (Å²) in [4.78, 5) is 8.69. The first-order valence-electron chi connectivity index (χ1n) is 5.84. The Morgan fingerprint density at radius 2 is 1.81 bits per heavy atom. The van der Waals surface area contributed by atoms with E-state index in [1.54, 1.807) is 0 Å². The number of hydrogen-bond acceptors (Lipinski definition) is 3. The topological polar surface area (TPSA) is 46.0 Å². The van der Waals surface area contributed by atoms with Crippen molar-refractivity contribution in [2.24, 2.45) is 5.41 Å². The van der Waals surface area contributed by atoms with Crippen molar-refractivity contribution in [2.45, 2.75) is 53.6 Å². The molecule has 1 atom stereocenters. The van der Waals surface area contributed by atoms with Gasteiger partial charge in [0, 0.05) is 17.8 Å². The molecule has 0 aliphatic carbocycles. The number of aromatic nitrogens is 2. The third kappa shape index (κ3) is 3.56. The van der Waals surface area contributed by atoms with E-state index in [-0.39, 0.29) is 11.5 Å². The van der Waals surface area contributed by atoms with E-state index in [0.29, 0.717) is 6.42 Å². The first-order valence-corrected chi connectivity index (χ1v) is 5.84. The molecule has 0 saturated heterocycles. The zero-order chi connectivity index (χ0) is 12.3. The van der Waals surface area contributed by atoms with Crippen molar-refractivity contribution >= 4 is 0 Å². The Kier molecular flexibility index (Phi) is 4.03. The second-order valence-corrected chi connectivity index (χ2v) is 5.34. The summed E-state index contributed by atoms with van der Waals surface area (Å²) in [6.45, 7) is 10.1. The smallest absolute Gasteiger partial charge is 0.125 e. The molecule has 3 heteroatoms. The highest BCUT2D eigenvalue weighted by molar-refractivity contribution is 5.12. The normalized spacial score (nSPS) is 13.9. The molecule has 0 spiro atoms. The average Bonchev–Trinajstić information content (AvgIpc) is 2.15. The summed E-state index contributed by atoms with van der Waals surface area (Å²) in [5.41, 5.74) is 1.88. The molecule has 16 heavy (non-hydrogen) atoms. The maximum absolute atomic E-state index is 10.0. The highest BCUT2D eigenvalue weighted by Crippen LogP contribution is 2.22. The summed E-state index contributed by atoms with van der Waals surface area (Å²) in [5, 5.41) is 10.0. The summed E-state index contributed by atoms with van der Waals surface area (Å²) in [5.74, 6) is 0.787. The molecule has 1 heterocycles. The number of nitrogens with zero attached hydrogens (tertiary/aromatic N) is 2. The van der Waals surface area contributed by atoms with Gasteiger partial charge in [-0.3, -0.25) is 0 Å². The fraction of sp³-hybridized carbons (Fsp3) is 0.692. The number of rotatable bonds is 3. The van der Waals surface area contributed by atoms with Gasteiger partial charge in [-0.25, -0.2) is 9.97 Å². The molecular weight excluding hydrogens is 200 g/mol. The zero-order valence-corrected chi connectivity index (χ0v) is 10.9. The van der Waals surface area contributed by atoms with Crippen molar-refractivity contribution in [3.8, 4) is 0 Å². The summed E-state index contributed by atoms with van der Waals surface area (Å²) in [6, 6.07) is 1.99. The Balaban J connectivity index is 2.85. The van der Waals surface area contributed by atoms with Gasteiger partial charge in [0.2, 0.25) is 0 Å². The molecule has 90 valence electrons. The van der Waals surface area contributed by atoms with E-state index < -0.39 is 0 Å². The van der Waals surface area contributed by atoms with Crippen LogP contribution in [0.15, 0.2) is 6.07 Å². The zero-order valence-electron chi connectivity index (χ0n) is 10.9. The van der Waals surface area contributed by atoms with Crippen LogP contribution in [-0.2, 0) is 12.8 Å². The van der Waals surface area contributed by atoms with Gasteiger partial charge in [-0.2, -0.15) is 0 Å². The predicted molar refractivity (Wildman–Crippen MR) is 65.3 cm³/mol. The highest BCUT2D eigenvalue weighted by atomic mass is 16.3. The van der Waals surface area contributed by atoms with Crippen LogP contribution in [0.4, 0.5) is 0 Å². The predicted octanol–water partition coefficient (Wildman–Crippen LogP) is 2.30. The van der Waals surface area contributed by atoms with Gasteiger partial charge in [0.05, 0.1) is 6.10 Å². The molecule has 0 fully saturated rings. The molecule has 3 nitrogen and oxygen atoms in total. The monoisotopic (exact) mass is 222 g/mol. The second kappa shape index (κ2) is 4.91. The van der Waals surface area contributed by atoms with Crippen molar-refractivity contribution in [3.63, 3.8) is 0 Å². The fourth-order valence-corrected chi connectivity index (χ4v) is 1.49. The van der Waals surface area contributed by atoms with E-state index in [9.17, 15) is 5.11 Å². The largest absolute Gasteiger partial charge is 0.392 e. The highest BCUT2D eigenvalue weighted by Gasteiger charge is 2.22. The van der Waals surface area contributed by atoms with Crippen LogP contribution in [0.3, 0.4) is 0 Å². The molecule has 0 bridgehead atoms. The molecule has 1 unspecified atom stereocenters. The van der Waals surface area contributed by atoms with Crippen molar-refractivity contribution in [3.05, 3.63) is 23.3 Å². The molecule has 0 radical (unpaired) electrons. The quantitative estimate of drug-likeness (QED) is 0.853. The minimum absolute atomic E-state index is 0.106. The average molecular weight is 222 g/mol. The molecule has 1 N–H and O–H groups in total. The van der Waals surface area contributed by atoms with E-state index in [0.717, 1.165) is 23.6 Å². The lowest BCUT2D eigenvalue weighted by molar-refractivity contribution is 0.0627. The van der Waals surface area contributed by atoms with Crippen molar-refractivity contribution in [1.29, 1.82) is 0 Å². The fourth-order valence-electron chi connectivity index (χ4n) is 1.49. The Hall–Kier alpha value is -0.960. The molecule has 1 rings (SSSR count). The van der Waals surface area contributed by atoms with Gasteiger partial charge in [-0.15, -0.1) is 0 Å². The van der Waals surface area contributed by atoms with E-state index in [1.165, 1.54) is 0 Å². The molecule has 0 saturated carbocycles. The van der Waals surface area contributed by atoms with E-state index in [2.05, 4.69) is 16.9 Å². The lowest BCUT2D eigenvalue weighted by atomic mass is 9.86. The first-order chi connectivity index (χ1) is 7.32. The SMILES string of the molecule is CCc1cc(CC(O)C(C)(C)C)nc(C)n1. The lowest BCUT2D eigenvalue weighted by Crippen LogP contribution is -2.28. The summed E-state index contributed by atoms with van der Waals surface area (Å²) >= 11 is 0. The van der Waals surface area contributed by atoms with Gasteiger partial charge in [-0.1, -0.05) is 27.7 Å². The number of aliphatic hydroxyl groups excluding tert-OH is 1. The Bertz CT molecular complexity index is 355. The van der Waals surface area contributed by atoms with Gasteiger partial charge in [0.1, 0.15) is 5.82 Å². The van der Waals surface area contributed by atoms with Crippen molar-refractivity contribution in [1.82, 2.24) is 9.97 Å². The summed E-state index contributed by atoms with van der Waals surface area (Å²) in [6.07, 6.45) is 1.13. The van der Waals surface area contributed by atoms with Gasteiger partial charge in [0.15, 0.2) is 0 Å². The van der Waals surface area contributed by atoms with Crippen molar-refractivity contribution in [2.75, 3.05) is 0 Å². The molecule has 0 amide bonds. The van der Waals surface area contributed by atoms with Crippen LogP contribution in [0.2, 0.25) is 0 Å². The minimum Gasteiger partial charge on any atom is -0.392 e. The van der Waals surface area contributed by atoms with Gasteiger partial charge >= 0.3 is 0 Å². The van der Waals surface area contributed by atoms with Crippen LogP contribution in [0, 0.1) is 12.3 Å². The number of aryl methyl sites for hydroxylation is 2. The maximum atomic E-state index is 10.0. The Morgan fingerprint density at radius 1 is 1.25 bits per heavy atom. The Labute approximate surface area is 97.9 Å². The summed E-state index contributed by atoms with van der Waals surface area (Å²) in [7, 11) is 0. The van der Waals surface area contributed by atoms with Crippen LogP contribution in [-0.4, -0.2) is 21.2 Å². The molecule has 0 aromatic carbocycles. The van der Waals surface area contributed by atoms with Gasteiger partial charge in [-0.05, 0) is 24.8 Å². The Morgan fingerprint density at radius 3 is 2.31 bits per heavy atom. The number of hydrogen-bond donors (Lipinski definition) is 1. The van der Waals surface area contributed by atoms with Crippen LogP contribution in [0.1, 0.15) is 44.9 Å². The van der Waals surface area contributed by atoms with Crippen LogP contribution in [0.5, 0.6) is 0 Å². The third-order valence-electron chi connectivity index (χ3n) is 2.71. The van der Waals surface area contributed by atoms with E-state index in [4.69, 9.17) is 0 Å².